The molecule has 2 aromatic carbocycles. The maximum Gasteiger partial charge on any atom is 0.407 e. The second kappa shape index (κ2) is 25.9. The predicted molar refractivity (Wildman–Crippen MR) is 267 cm³/mol. The van der Waals surface area contributed by atoms with Gasteiger partial charge in [0.25, 0.3) is 12.3 Å². The van der Waals surface area contributed by atoms with E-state index in [0.717, 1.165) is 42.8 Å². The molecule has 2 bridgehead atoms. The van der Waals surface area contributed by atoms with Crippen LogP contribution in [0.2, 0.25) is 0 Å². The van der Waals surface area contributed by atoms with Gasteiger partial charge in [-0.05, 0) is 89.2 Å². The number of rotatable bonds is 20. The van der Waals surface area contributed by atoms with Crippen molar-refractivity contribution in [2.24, 2.45) is 10.8 Å². The number of nitrogens with one attached hydrogen (secondary N) is 5. The van der Waals surface area contributed by atoms with Crippen LogP contribution in [-0.4, -0.2) is 157 Å². The highest BCUT2D eigenvalue weighted by Gasteiger charge is 2.57. The highest BCUT2D eigenvalue weighted by atomic mass is 19.4. The average Bonchev–Trinajstić information content (AvgIpc) is 3.94. The van der Waals surface area contributed by atoms with Crippen LogP contribution in [0.25, 0.3) is 11.3 Å². The maximum atomic E-state index is 15.2. The molecule has 6 N–H and O–H groups in total. The van der Waals surface area contributed by atoms with Crippen molar-refractivity contribution in [3.63, 3.8) is 0 Å². The highest BCUT2D eigenvalue weighted by Crippen LogP contribution is 2.42. The van der Waals surface area contributed by atoms with Crippen molar-refractivity contribution in [1.82, 2.24) is 46.5 Å². The lowest BCUT2D eigenvalue weighted by Gasteiger charge is -2.48. The summed E-state index contributed by atoms with van der Waals surface area (Å²) in [5.74, 6) is 1.49. The molecule has 2 fully saturated rings. The van der Waals surface area contributed by atoms with Crippen molar-refractivity contribution in [3.05, 3.63) is 101 Å². The first kappa shape index (κ1) is 62.0. The van der Waals surface area contributed by atoms with Crippen LogP contribution in [-0.2, 0) is 43.2 Å². The molecule has 0 aliphatic carbocycles. The maximum absolute atomic E-state index is 15.2. The van der Waals surface area contributed by atoms with E-state index in [2.05, 4.69) is 54.3 Å². The zero-order valence-electron chi connectivity index (χ0n) is 44.1. The molecule has 4 heterocycles. The molecule has 6 atom stereocenters. The molecule has 18 nitrogen and oxygen atoms in total. The Morgan fingerprint density at radius 3 is 1.95 bits per heavy atom. The second-order valence-corrected chi connectivity index (χ2v) is 20.2. The number of methoxy groups -OCH3 is 1. The minimum absolute atomic E-state index is 0.0404. The molecule has 0 saturated carbocycles. The Hall–Kier alpha value is -7.22. The van der Waals surface area contributed by atoms with Crippen LogP contribution < -0.4 is 31.7 Å². The first-order valence-electron chi connectivity index (χ1n) is 24.8. The number of carbonyl (C=O) groups excluding carboxylic acids is 4. The monoisotopic (exact) mass is 1140 g/mol. The third-order valence-electron chi connectivity index (χ3n) is 13.9. The number of aliphatic hydroxyl groups excluding tert-OH is 1. The topological polar surface area (TPSA) is 214 Å². The van der Waals surface area contributed by atoms with Gasteiger partial charge in [-0.25, -0.2) is 37.6 Å². The molecule has 80 heavy (non-hydrogen) atoms. The number of piperazine rings is 1. The van der Waals surface area contributed by atoms with E-state index in [4.69, 9.17) is 9.47 Å². The molecule has 0 radical (unpaired) electrons. The van der Waals surface area contributed by atoms with Gasteiger partial charge in [-0.15, -0.1) is 0 Å². The van der Waals surface area contributed by atoms with E-state index >= 15 is 8.78 Å². The van der Waals surface area contributed by atoms with Crippen LogP contribution in [0.15, 0.2) is 67.0 Å². The molecule has 2 saturated heterocycles. The first-order chi connectivity index (χ1) is 37.5. The van der Waals surface area contributed by atoms with E-state index in [1.807, 2.05) is 28.2 Å². The largest absolute Gasteiger partial charge is 0.453 e. The number of aromatic nitrogens is 3. The van der Waals surface area contributed by atoms with Crippen molar-refractivity contribution < 1.29 is 82.4 Å². The number of likely N-dealkylation sites (N-methyl/N-ethyl adjacent to an activating group) is 1. The van der Waals surface area contributed by atoms with E-state index < -0.39 is 121 Å². The number of carbonyl (C=O) groups is 4. The predicted octanol–water partition coefficient (Wildman–Crippen LogP) is 5.66. The lowest BCUT2D eigenvalue weighted by atomic mass is 9.82. The Bertz CT molecular complexity index is 2820. The molecule has 2 aliphatic heterocycles. The van der Waals surface area contributed by atoms with Crippen LogP contribution in [0.1, 0.15) is 49.9 Å². The Morgan fingerprint density at radius 2 is 1.39 bits per heavy atom. The molecule has 6 rings (SSSR count). The number of hydrazine groups is 1. The third kappa shape index (κ3) is 15.6. The number of morpholine rings is 1. The van der Waals surface area contributed by atoms with Gasteiger partial charge in [0.1, 0.15) is 36.1 Å². The number of benzene rings is 2. The number of hydrogen-bond donors (Lipinski definition) is 6. The molecule has 4 aromatic rings. The van der Waals surface area contributed by atoms with Gasteiger partial charge in [-0.3, -0.25) is 24.6 Å². The van der Waals surface area contributed by atoms with Crippen LogP contribution >= 0.6 is 0 Å². The number of anilines is 1. The smallest absolute Gasteiger partial charge is 0.407 e. The van der Waals surface area contributed by atoms with Crippen LogP contribution in [0.4, 0.5) is 59.3 Å². The van der Waals surface area contributed by atoms with Gasteiger partial charge >= 0.3 is 24.5 Å². The normalized spacial score (nSPS) is 17.6. The minimum atomic E-state index is -5.22. The van der Waals surface area contributed by atoms with Gasteiger partial charge in [-0.1, -0.05) is 24.0 Å². The van der Waals surface area contributed by atoms with E-state index in [9.17, 15) is 59.4 Å². The van der Waals surface area contributed by atoms with Gasteiger partial charge in [-0.2, -0.15) is 31.4 Å². The van der Waals surface area contributed by atoms with Gasteiger partial charge in [0.15, 0.2) is 0 Å². The van der Waals surface area contributed by atoms with Crippen LogP contribution in [0.5, 0.6) is 0 Å². The van der Waals surface area contributed by atoms with Gasteiger partial charge in [0, 0.05) is 60.7 Å². The standard InChI is InChI=1S/C52H60F10N10O8/c1-49(2,51(57,58)59)43(67-48(77)80-18-16-35-36(53)20-32(21-37(35)54)38-15-17-72(69-38)26-41(55)56)45(74)65-39(40(73)23-64-68-46(75)44(66-47(76)78-6)50(3,4)52(60,61)62)19-30-10-7-29(8-11-30)9-12-31-13-14-42(63-22-31)71-24-33-27-79-28-34(25-71)70(33)5/h7-8,10-11,13-15,17,20-22,33-34,39-41,43-44,64,73H,16,18-19,23-28H2,1-6H3,(H,65,74)(H,66,76)(H,67,77)(H,68,75)/t33?,34?,39-,40-,43+,44+/m0/s1. The fourth-order valence-corrected chi connectivity index (χ4v) is 8.59. The van der Waals surface area contributed by atoms with Crippen molar-refractivity contribution in [2.45, 2.75) is 102 Å². The van der Waals surface area contributed by atoms with Crippen molar-refractivity contribution >= 4 is 29.8 Å². The average molecular weight is 1140 g/mol. The van der Waals surface area contributed by atoms with E-state index in [1.165, 1.54) is 24.4 Å². The number of aliphatic hydroxyl groups is 1. The first-order valence-corrected chi connectivity index (χ1v) is 24.8. The fourth-order valence-electron chi connectivity index (χ4n) is 8.59. The minimum Gasteiger partial charge on any atom is -0.453 e. The van der Waals surface area contributed by atoms with Gasteiger partial charge < -0.3 is 40.2 Å². The molecule has 436 valence electrons. The summed E-state index contributed by atoms with van der Waals surface area (Å²) >= 11 is 0. The number of halogens is 10. The lowest BCUT2D eigenvalue weighted by molar-refractivity contribution is -0.221. The number of alkyl halides is 8. The molecule has 4 amide bonds. The number of alkyl carbamates (subject to hydrolysis) is 2. The zero-order valence-corrected chi connectivity index (χ0v) is 44.1. The summed E-state index contributed by atoms with van der Waals surface area (Å²) in [5.41, 5.74) is -1.18. The Balaban J connectivity index is 1.17. The van der Waals surface area contributed by atoms with Gasteiger partial charge in [0.05, 0.1) is 67.7 Å². The summed E-state index contributed by atoms with van der Waals surface area (Å²) in [6.45, 7) is 2.70. The van der Waals surface area contributed by atoms with Crippen molar-refractivity contribution in [3.8, 4) is 23.1 Å². The number of amides is 4. The summed E-state index contributed by atoms with van der Waals surface area (Å²) in [5, 5.41) is 21.3. The van der Waals surface area contributed by atoms with Crippen LogP contribution in [0.3, 0.4) is 0 Å². The Kier molecular flexibility index (Phi) is 20.1. The fraction of sp³-hybridized carbons (Fsp3) is 0.500. The molecule has 0 spiro atoms. The van der Waals surface area contributed by atoms with E-state index in [0.29, 0.717) is 57.6 Å². The second-order valence-electron chi connectivity index (χ2n) is 20.2. The SMILES string of the molecule is COC(=O)N[C@H](C(=O)NNC[C@H](O)[C@H](Cc1ccc(C#Cc2ccc(N3CC4COCC(C3)N4C)nc2)cc1)NC(=O)[C@@H](NC(=O)OCCc1c(F)cc(-c2ccn(CC(F)F)n2)cc1F)C(C)(C)C(F)(F)F)C(C)(C)C(F)(F)F. The summed E-state index contributed by atoms with van der Waals surface area (Å²) in [6.07, 6.45) is -16.2. The van der Waals surface area contributed by atoms with Crippen LogP contribution in [0, 0.1) is 34.3 Å². The highest BCUT2D eigenvalue weighted by molar-refractivity contribution is 5.87. The Labute approximate surface area is 453 Å². The quantitative estimate of drug-likeness (QED) is 0.0359. The molecular weight excluding hydrogens is 1080 g/mol. The molecule has 2 unspecified atom stereocenters. The van der Waals surface area contributed by atoms with E-state index in [1.54, 1.807) is 18.3 Å². The summed E-state index contributed by atoms with van der Waals surface area (Å²) in [7, 11) is 2.92. The number of pyridine rings is 1. The third-order valence-corrected chi connectivity index (χ3v) is 13.9. The lowest BCUT2D eigenvalue weighted by Crippen LogP contribution is -2.63. The molecule has 2 aromatic heterocycles. The molecule has 2 aliphatic rings. The molecular formula is C52H60F10N10O8. The Morgan fingerprint density at radius 1 is 0.812 bits per heavy atom. The molecule has 28 heteroatoms. The van der Waals surface area contributed by atoms with E-state index in [-0.39, 0.29) is 29.8 Å². The van der Waals surface area contributed by atoms with Crippen molar-refractivity contribution in [1.29, 1.82) is 0 Å². The summed E-state index contributed by atoms with van der Waals surface area (Å²) < 4.78 is 158. The number of fused-ring (bicyclic) bond motifs is 2. The summed E-state index contributed by atoms with van der Waals surface area (Å²) in [4.78, 5) is 61.5. The van der Waals surface area contributed by atoms with Crippen molar-refractivity contribution in [2.75, 3.05) is 58.5 Å². The number of nitrogens with zero attached hydrogens (tertiary/aromatic N) is 5. The zero-order chi connectivity index (χ0) is 58.9. The van der Waals surface area contributed by atoms with Gasteiger partial charge in [0.2, 0.25) is 5.91 Å². The summed E-state index contributed by atoms with van der Waals surface area (Å²) in [6, 6.07) is 6.82. The number of ether oxygens (including phenoxy) is 3. The number of hydrogen-bond acceptors (Lipinski definition) is 13.